The average molecular weight is 197 g/mol. The third-order valence-electron chi connectivity index (χ3n) is 1.24. The van der Waals surface area contributed by atoms with Crippen molar-refractivity contribution in [2.24, 2.45) is 0 Å². The molecule has 4 heteroatoms. The van der Waals surface area contributed by atoms with E-state index in [1.54, 1.807) is 0 Å². The number of rotatable bonds is 1. The van der Waals surface area contributed by atoms with E-state index in [0.29, 0.717) is 0 Å². The quantitative estimate of drug-likeness (QED) is 0.645. The van der Waals surface area contributed by atoms with Crippen LogP contribution in [0.15, 0.2) is 12.1 Å². The minimum Gasteiger partial charge on any atom is -0.246 e. The van der Waals surface area contributed by atoms with Gasteiger partial charge < -0.3 is 0 Å². The van der Waals surface area contributed by atoms with Crippen LogP contribution in [0.5, 0.6) is 0 Å². The summed E-state index contributed by atoms with van der Waals surface area (Å²) in [7, 11) is 0. The summed E-state index contributed by atoms with van der Waals surface area (Å²) in [6, 6.07) is 2.06. The van der Waals surface area contributed by atoms with Crippen LogP contribution < -0.4 is 0 Å². The van der Waals surface area contributed by atoms with Crippen molar-refractivity contribution in [3.8, 4) is 0 Å². The third-order valence-corrected chi connectivity index (χ3v) is 1.91. The first-order chi connectivity index (χ1) is 5.15. The van der Waals surface area contributed by atoms with Crippen LogP contribution in [0.2, 0.25) is 10.0 Å². The number of alkyl halides is 1. The van der Waals surface area contributed by atoms with Crippen molar-refractivity contribution in [2.45, 2.75) is 6.67 Å². The minimum absolute atomic E-state index is 0.0255. The number of halogens is 4. The molecule has 1 aromatic carbocycles. The highest BCUT2D eigenvalue weighted by Crippen LogP contribution is 2.26. The standard InChI is InChI=1S/C7H4Cl2F2/c8-6-1-4(11)2-7(9)5(6)3-10/h1-2H,3H2. The lowest BCUT2D eigenvalue weighted by atomic mass is 10.2. The zero-order valence-corrected chi connectivity index (χ0v) is 6.89. The van der Waals surface area contributed by atoms with Crippen molar-refractivity contribution in [3.05, 3.63) is 33.6 Å². The van der Waals surface area contributed by atoms with Crippen LogP contribution in [-0.4, -0.2) is 0 Å². The summed E-state index contributed by atoms with van der Waals surface area (Å²) in [5, 5.41) is 0.0509. The molecule has 0 atom stereocenters. The van der Waals surface area contributed by atoms with E-state index in [2.05, 4.69) is 0 Å². The van der Waals surface area contributed by atoms with Gasteiger partial charge in [0.05, 0.1) is 10.0 Å². The highest BCUT2D eigenvalue weighted by atomic mass is 35.5. The Morgan fingerprint density at radius 2 is 1.64 bits per heavy atom. The first-order valence-corrected chi connectivity index (χ1v) is 3.60. The topological polar surface area (TPSA) is 0 Å². The summed E-state index contributed by atoms with van der Waals surface area (Å²) in [6.07, 6.45) is 0. The summed E-state index contributed by atoms with van der Waals surface area (Å²) < 4.78 is 24.5. The van der Waals surface area contributed by atoms with Crippen molar-refractivity contribution >= 4 is 23.2 Å². The van der Waals surface area contributed by atoms with E-state index in [1.165, 1.54) is 0 Å². The van der Waals surface area contributed by atoms with E-state index in [9.17, 15) is 8.78 Å². The van der Waals surface area contributed by atoms with Gasteiger partial charge in [0.2, 0.25) is 0 Å². The second-order valence-corrected chi connectivity index (χ2v) is 2.80. The van der Waals surface area contributed by atoms with Crippen molar-refractivity contribution in [1.82, 2.24) is 0 Å². The molecule has 0 heterocycles. The second-order valence-electron chi connectivity index (χ2n) is 1.98. The molecule has 0 N–H and O–H groups in total. The van der Waals surface area contributed by atoms with Gasteiger partial charge in [-0.15, -0.1) is 0 Å². The molecule has 0 nitrogen and oxygen atoms in total. The van der Waals surface area contributed by atoms with Gasteiger partial charge >= 0.3 is 0 Å². The summed E-state index contributed by atoms with van der Waals surface area (Å²) in [5.41, 5.74) is 0.134. The average Bonchev–Trinajstić information content (AvgIpc) is 1.85. The van der Waals surface area contributed by atoms with E-state index in [-0.39, 0.29) is 15.6 Å². The maximum Gasteiger partial charge on any atom is 0.126 e. The Bertz CT molecular complexity index is 250. The van der Waals surface area contributed by atoms with Crippen molar-refractivity contribution < 1.29 is 8.78 Å². The zero-order valence-electron chi connectivity index (χ0n) is 5.37. The van der Waals surface area contributed by atoms with Gasteiger partial charge in [-0.2, -0.15) is 0 Å². The molecule has 60 valence electrons. The Hall–Kier alpha value is -0.340. The normalized spacial score (nSPS) is 10.2. The van der Waals surface area contributed by atoms with E-state index in [0.717, 1.165) is 12.1 Å². The Kier molecular flexibility index (Phi) is 2.68. The van der Waals surface area contributed by atoms with Crippen LogP contribution in [0, 0.1) is 5.82 Å². The lowest BCUT2D eigenvalue weighted by molar-refractivity contribution is 0.484. The summed E-state index contributed by atoms with van der Waals surface area (Å²) in [5.74, 6) is -0.558. The summed E-state index contributed by atoms with van der Waals surface area (Å²) in [6.45, 7) is -0.780. The molecule has 0 fully saturated rings. The molecule has 0 aliphatic rings. The van der Waals surface area contributed by atoms with Crippen LogP contribution in [0.1, 0.15) is 5.56 Å². The smallest absolute Gasteiger partial charge is 0.126 e. The molecule has 0 spiro atoms. The third kappa shape index (κ3) is 1.82. The van der Waals surface area contributed by atoms with Gasteiger partial charge in [0, 0.05) is 5.56 Å². The molecule has 0 bridgehead atoms. The molecule has 0 amide bonds. The van der Waals surface area contributed by atoms with Crippen LogP contribution in [-0.2, 0) is 6.67 Å². The fourth-order valence-corrected chi connectivity index (χ4v) is 1.26. The largest absolute Gasteiger partial charge is 0.246 e. The van der Waals surface area contributed by atoms with Gasteiger partial charge in [-0.25, -0.2) is 8.78 Å². The zero-order chi connectivity index (χ0) is 8.43. The molecule has 11 heavy (non-hydrogen) atoms. The maximum atomic E-state index is 12.5. The highest BCUT2D eigenvalue weighted by Gasteiger charge is 2.06. The predicted molar refractivity (Wildman–Crippen MR) is 41.2 cm³/mol. The molecule has 0 saturated carbocycles. The highest BCUT2D eigenvalue weighted by molar-refractivity contribution is 6.35. The van der Waals surface area contributed by atoms with Gasteiger partial charge in [-0.05, 0) is 12.1 Å². The van der Waals surface area contributed by atoms with E-state index < -0.39 is 12.5 Å². The molecule has 0 aromatic heterocycles. The molecule has 0 unspecified atom stereocenters. The maximum absolute atomic E-state index is 12.5. The molecular weight excluding hydrogens is 193 g/mol. The van der Waals surface area contributed by atoms with Gasteiger partial charge in [0.25, 0.3) is 0 Å². The molecule has 1 aromatic rings. The number of hydrogen-bond donors (Lipinski definition) is 0. The lowest BCUT2D eigenvalue weighted by Gasteiger charge is -2.01. The molecule has 0 saturated heterocycles. The first-order valence-electron chi connectivity index (χ1n) is 2.84. The molecular formula is C7H4Cl2F2. The van der Waals surface area contributed by atoms with E-state index in [1.807, 2.05) is 0 Å². The molecule has 0 aliphatic heterocycles. The van der Waals surface area contributed by atoms with Crippen LogP contribution in [0.25, 0.3) is 0 Å². The van der Waals surface area contributed by atoms with Gasteiger partial charge in [-0.3, -0.25) is 0 Å². The fraction of sp³-hybridized carbons (Fsp3) is 0.143. The lowest BCUT2D eigenvalue weighted by Crippen LogP contribution is -1.85. The minimum atomic E-state index is -0.780. The first kappa shape index (κ1) is 8.75. The van der Waals surface area contributed by atoms with E-state index in [4.69, 9.17) is 23.2 Å². The predicted octanol–water partition coefficient (Wildman–Crippen LogP) is 3.60. The summed E-state index contributed by atoms with van der Waals surface area (Å²) >= 11 is 10.9. The Labute approximate surface area is 72.7 Å². The van der Waals surface area contributed by atoms with Crippen LogP contribution >= 0.6 is 23.2 Å². The number of hydrogen-bond acceptors (Lipinski definition) is 0. The Balaban J connectivity index is 3.25. The van der Waals surface area contributed by atoms with Crippen molar-refractivity contribution in [2.75, 3.05) is 0 Å². The van der Waals surface area contributed by atoms with Crippen LogP contribution in [0.3, 0.4) is 0 Å². The molecule has 0 radical (unpaired) electrons. The van der Waals surface area contributed by atoms with Gasteiger partial charge in [-0.1, -0.05) is 23.2 Å². The summed E-state index contributed by atoms with van der Waals surface area (Å²) in [4.78, 5) is 0. The van der Waals surface area contributed by atoms with Crippen molar-refractivity contribution in [3.63, 3.8) is 0 Å². The Morgan fingerprint density at radius 3 is 2.00 bits per heavy atom. The van der Waals surface area contributed by atoms with E-state index >= 15 is 0 Å². The van der Waals surface area contributed by atoms with Gasteiger partial charge in [0.15, 0.2) is 0 Å². The molecule has 0 aliphatic carbocycles. The van der Waals surface area contributed by atoms with Crippen LogP contribution in [0.4, 0.5) is 8.78 Å². The number of benzene rings is 1. The fourth-order valence-electron chi connectivity index (χ4n) is 0.700. The second kappa shape index (κ2) is 3.37. The molecule has 1 rings (SSSR count). The Morgan fingerprint density at radius 1 is 1.18 bits per heavy atom. The monoisotopic (exact) mass is 196 g/mol. The van der Waals surface area contributed by atoms with Crippen molar-refractivity contribution in [1.29, 1.82) is 0 Å². The SMILES string of the molecule is FCc1c(Cl)cc(F)cc1Cl. The van der Waals surface area contributed by atoms with Gasteiger partial charge in [0.1, 0.15) is 12.5 Å².